The molecule has 3 heteroatoms. The average molecular weight is 277 g/mol. The molecule has 0 aromatic heterocycles. The quantitative estimate of drug-likeness (QED) is 0.713. The SMILES string of the molecule is CCNCC(COCC1CC1)Cc1cccc(OC)c1. The van der Waals surface area contributed by atoms with Gasteiger partial charge in [-0.3, -0.25) is 0 Å². The Kier molecular flexibility index (Phi) is 6.34. The van der Waals surface area contributed by atoms with E-state index in [9.17, 15) is 0 Å². The number of benzene rings is 1. The number of rotatable bonds is 10. The fourth-order valence-electron chi connectivity index (χ4n) is 2.36. The van der Waals surface area contributed by atoms with E-state index in [-0.39, 0.29) is 0 Å². The van der Waals surface area contributed by atoms with E-state index in [0.29, 0.717) is 5.92 Å². The molecule has 1 saturated carbocycles. The maximum absolute atomic E-state index is 5.87. The Morgan fingerprint density at radius 3 is 2.90 bits per heavy atom. The highest BCUT2D eigenvalue weighted by Crippen LogP contribution is 2.29. The molecule has 1 fully saturated rings. The third-order valence-electron chi connectivity index (χ3n) is 3.75. The first-order valence-corrected chi connectivity index (χ1v) is 7.73. The van der Waals surface area contributed by atoms with Crippen molar-refractivity contribution in [2.75, 3.05) is 33.4 Å². The fourth-order valence-corrected chi connectivity index (χ4v) is 2.36. The molecule has 0 radical (unpaired) electrons. The standard InChI is InChI=1S/C17H27NO2/c1-3-18-11-16(13-20-12-14-7-8-14)9-15-5-4-6-17(10-15)19-2/h4-6,10,14,16,18H,3,7-9,11-13H2,1-2H3. The average Bonchev–Trinajstić information content (AvgIpc) is 3.29. The third-order valence-corrected chi connectivity index (χ3v) is 3.75. The highest BCUT2D eigenvalue weighted by Gasteiger charge is 2.21. The molecular formula is C17H27NO2. The van der Waals surface area contributed by atoms with E-state index >= 15 is 0 Å². The van der Waals surface area contributed by atoms with E-state index in [2.05, 4.69) is 30.4 Å². The molecule has 1 aliphatic carbocycles. The van der Waals surface area contributed by atoms with Crippen molar-refractivity contribution in [2.24, 2.45) is 11.8 Å². The van der Waals surface area contributed by atoms with Crippen LogP contribution in [0.3, 0.4) is 0 Å². The van der Waals surface area contributed by atoms with E-state index in [1.165, 1.54) is 18.4 Å². The van der Waals surface area contributed by atoms with E-state index in [4.69, 9.17) is 9.47 Å². The summed E-state index contributed by atoms with van der Waals surface area (Å²) in [5.74, 6) is 2.30. The summed E-state index contributed by atoms with van der Waals surface area (Å²) < 4.78 is 11.2. The van der Waals surface area contributed by atoms with Gasteiger partial charge in [-0.05, 0) is 55.3 Å². The normalized spacial score (nSPS) is 16.1. The first kappa shape index (κ1) is 15.3. The molecule has 2 rings (SSSR count). The van der Waals surface area contributed by atoms with Crippen LogP contribution in [0, 0.1) is 11.8 Å². The van der Waals surface area contributed by atoms with E-state index in [1.54, 1.807) is 7.11 Å². The molecular weight excluding hydrogens is 250 g/mol. The van der Waals surface area contributed by atoms with Gasteiger partial charge in [0.05, 0.1) is 13.7 Å². The lowest BCUT2D eigenvalue weighted by molar-refractivity contribution is 0.0908. The van der Waals surface area contributed by atoms with E-state index in [0.717, 1.165) is 44.4 Å². The summed E-state index contributed by atoms with van der Waals surface area (Å²) >= 11 is 0. The Hall–Kier alpha value is -1.06. The van der Waals surface area contributed by atoms with Gasteiger partial charge in [-0.1, -0.05) is 19.1 Å². The van der Waals surface area contributed by atoms with Crippen molar-refractivity contribution in [1.29, 1.82) is 0 Å². The Morgan fingerprint density at radius 1 is 1.35 bits per heavy atom. The van der Waals surface area contributed by atoms with Crippen molar-refractivity contribution >= 4 is 0 Å². The second-order valence-electron chi connectivity index (χ2n) is 5.71. The highest BCUT2D eigenvalue weighted by molar-refractivity contribution is 5.28. The second kappa shape index (κ2) is 8.28. The molecule has 1 aromatic carbocycles. The van der Waals surface area contributed by atoms with Gasteiger partial charge >= 0.3 is 0 Å². The van der Waals surface area contributed by atoms with Gasteiger partial charge < -0.3 is 14.8 Å². The smallest absolute Gasteiger partial charge is 0.119 e. The molecule has 1 aromatic rings. The van der Waals surface area contributed by atoms with Crippen LogP contribution in [-0.2, 0) is 11.2 Å². The number of ether oxygens (including phenoxy) is 2. The monoisotopic (exact) mass is 277 g/mol. The van der Waals surface area contributed by atoms with Gasteiger partial charge in [-0.25, -0.2) is 0 Å². The van der Waals surface area contributed by atoms with Gasteiger partial charge in [0.15, 0.2) is 0 Å². The number of hydrogen-bond acceptors (Lipinski definition) is 3. The zero-order valence-electron chi connectivity index (χ0n) is 12.7. The zero-order chi connectivity index (χ0) is 14.2. The predicted octanol–water partition coefficient (Wildman–Crippen LogP) is 2.89. The molecule has 0 aliphatic heterocycles. The van der Waals surface area contributed by atoms with Crippen LogP contribution < -0.4 is 10.1 Å². The molecule has 0 saturated heterocycles. The van der Waals surface area contributed by atoms with Crippen molar-refractivity contribution in [3.63, 3.8) is 0 Å². The Labute approximate surface area is 122 Å². The number of hydrogen-bond donors (Lipinski definition) is 1. The summed E-state index contributed by atoms with van der Waals surface area (Å²) in [5.41, 5.74) is 1.32. The van der Waals surface area contributed by atoms with Crippen LogP contribution in [0.4, 0.5) is 0 Å². The first-order chi connectivity index (χ1) is 9.81. The van der Waals surface area contributed by atoms with Crippen LogP contribution in [0.15, 0.2) is 24.3 Å². The molecule has 1 atom stereocenters. The lowest BCUT2D eigenvalue weighted by Gasteiger charge is -2.18. The summed E-state index contributed by atoms with van der Waals surface area (Å²) in [7, 11) is 1.72. The minimum atomic E-state index is 0.529. The summed E-state index contributed by atoms with van der Waals surface area (Å²) in [4.78, 5) is 0. The highest BCUT2D eigenvalue weighted by atomic mass is 16.5. The van der Waals surface area contributed by atoms with Crippen LogP contribution in [0.1, 0.15) is 25.3 Å². The van der Waals surface area contributed by atoms with Gasteiger partial charge in [0.25, 0.3) is 0 Å². The molecule has 1 unspecified atom stereocenters. The van der Waals surface area contributed by atoms with Gasteiger partial charge in [-0.2, -0.15) is 0 Å². The molecule has 0 amide bonds. The third kappa shape index (κ3) is 5.51. The lowest BCUT2D eigenvalue weighted by Crippen LogP contribution is -2.27. The first-order valence-electron chi connectivity index (χ1n) is 7.73. The molecule has 0 spiro atoms. The Balaban J connectivity index is 1.83. The maximum Gasteiger partial charge on any atom is 0.119 e. The summed E-state index contributed by atoms with van der Waals surface area (Å²) in [5, 5.41) is 3.44. The van der Waals surface area contributed by atoms with Crippen molar-refractivity contribution in [2.45, 2.75) is 26.2 Å². The van der Waals surface area contributed by atoms with Crippen molar-refractivity contribution < 1.29 is 9.47 Å². The molecule has 1 aliphatic rings. The molecule has 0 heterocycles. The van der Waals surface area contributed by atoms with Gasteiger partial charge in [0.1, 0.15) is 5.75 Å². The minimum Gasteiger partial charge on any atom is -0.497 e. The summed E-state index contributed by atoms with van der Waals surface area (Å²) in [6, 6.07) is 8.35. The molecule has 3 nitrogen and oxygen atoms in total. The van der Waals surface area contributed by atoms with Crippen molar-refractivity contribution in [1.82, 2.24) is 5.32 Å². The van der Waals surface area contributed by atoms with Crippen molar-refractivity contribution in [3.8, 4) is 5.75 Å². The lowest BCUT2D eigenvalue weighted by atomic mass is 9.99. The number of nitrogens with one attached hydrogen (secondary N) is 1. The van der Waals surface area contributed by atoms with Gasteiger partial charge in [0, 0.05) is 13.2 Å². The van der Waals surface area contributed by atoms with Gasteiger partial charge in [0.2, 0.25) is 0 Å². The van der Waals surface area contributed by atoms with Crippen LogP contribution >= 0.6 is 0 Å². The van der Waals surface area contributed by atoms with E-state index < -0.39 is 0 Å². The second-order valence-corrected chi connectivity index (χ2v) is 5.71. The zero-order valence-corrected chi connectivity index (χ0v) is 12.7. The molecule has 20 heavy (non-hydrogen) atoms. The minimum absolute atomic E-state index is 0.529. The predicted molar refractivity (Wildman–Crippen MR) is 82.3 cm³/mol. The van der Waals surface area contributed by atoms with Crippen LogP contribution in [0.5, 0.6) is 5.75 Å². The summed E-state index contributed by atoms with van der Waals surface area (Å²) in [6.07, 6.45) is 3.75. The Morgan fingerprint density at radius 2 is 2.20 bits per heavy atom. The molecule has 112 valence electrons. The topological polar surface area (TPSA) is 30.5 Å². The van der Waals surface area contributed by atoms with E-state index in [1.807, 2.05) is 6.07 Å². The van der Waals surface area contributed by atoms with Crippen LogP contribution in [0.2, 0.25) is 0 Å². The fraction of sp³-hybridized carbons (Fsp3) is 0.647. The largest absolute Gasteiger partial charge is 0.497 e. The van der Waals surface area contributed by atoms with Crippen LogP contribution in [0.25, 0.3) is 0 Å². The number of methoxy groups -OCH3 is 1. The Bertz CT molecular complexity index is 390. The van der Waals surface area contributed by atoms with Gasteiger partial charge in [-0.15, -0.1) is 0 Å². The van der Waals surface area contributed by atoms with Crippen molar-refractivity contribution in [3.05, 3.63) is 29.8 Å². The molecule has 0 bridgehead atoms. The maximum atomic E-state index is 5.87. The van der Waals surface area contributed by atoms with Crippen LogP contribution in [-0.4, -0.2) is 33.4 Å². The summed E-state index contributed by atoms with van der Waals surface area (Å²) in [6.45, 7) is 5.96. The molecule has 1 N–H and O–H groups in total.